The van der Waals surface area contributed by atoms with Crippen LogP contribution < -0.4 is 11.4 Å². The SMILES string of the molecule is CSc1nnc(Cc2ccc(O)cc2)c(=O)n1N. The summed E-state index contributed by atoms with van der Waals surface area (Å²) in [5.74, 6) is 5.79. The van der Waals surface area contributed by atoms with E-state index in [4.69, 9.17) is 5.84 Å². The molecule has 0 spiro atoms. The van der Waals surface area contributed by atoms with E-state index in [1.165, 1.54) is 11.8 Å². The Morgan fingerprint density at radius 1 is 1.33 bits per heavy atom. The van der Waals surface area contributed by atoms with E-state index in [0.29, 0.717) is 11.6 Å². The van der Waals surface area contributed by atoms with Crippen molar-refractivity contribution in [1.82, 2.24) is 14.9 Å². The lowest BCUT2D eigenvalue weighted by atomic mass is 10.1. The summed E-state index contributed by atoms with van der Waals surface area (Å²) in [6.07, 6.45) is 2.10. The Labute approximate surface area is 107 Å². The predicted octanol–water partition coefficient (Wildman–Crippen LogP) is 0.370. The second kappa shape index (κ2) is 5.09. The van der Waals surface area contributed by atoms with E-state index in [0.717, 1.165) is 10.2 Å². The van der Waals surface area contributed by atoms with Crippen LogP contribution in [0.4, 0.5) is 0 Å². The van der Waals surface area contributed by atoms with E-state index in [2.05, 4.69) is 10.2 Å². The Kier molecular flexibility index (Phi) is 3.52. The number of nitrogens with two attached hydrogens (primary N) is 1. The molecule has 7 heteroatoms. The van der Waals surface area contributed by atoms with Gasteiger partial charge in [-0.1, -0.05) is 23.9 Å². The van der Waals surface area contributed by atoms with Gasteiger partial charge < -0.3 is 10.9 Å². The van der Waals surface area contributed by atoms with Gasteiger partial charge in [0.25, 0.3) is 5.56 Å². The fraction of sp³-hybridized carbons (Fsp3) is 0.182. The maximum absolute atomic E-state index is 11.9. The lowest BCUT2D eigenvalue weighted by Crippen LogP contribution is -2.33. The zero-order chi connectivity index (χ0) is 13.1. The molecule has 0 aliphatic heterocycles. The molecule has 0 radical (unpaired) electrons. The van der Waals surface area contributed by atoms with Crippen LogP contribution in [0.25, 0.3) is 0 Å². The number of aromatic hydroxyl groups is 1. The van der Waals surface area contributed by atoms with Crippen LogP contribution in [0.15, 0.2) is 34.2 Å². The summed E-state index contributed by atoms with van der Waals surface area (Å²) in [7, 11) is 0. The monoisotopic (exact) mass is 264 g/mol. The zero-order valence-electron chi connectivity index (χ0n) is 9.70. The van der Waals surface area contributed by atoms with Crippen molar-refractivity contribution < 1.29 is 5.11 Å². The maximum atomic E-state index is 11.9. The number of benzene rings is 1. The standard InChI is InChI=1S/C11H12N4O2S/c1-18-11-14-13-9(10(17)15(11)12)6-7-2-4-8(16)5-3-7/h2-5,16H,6,12H2,1H3. The molecule has 0 unspecified atom stereocenters. The fourth-order valence-electron chi connectivity index (χ4n) is 1.48. The Bertz CT molecular complexity index is 609. The van der Waals surface area contributed by atoms with E-state index in [9.17, 15) is 9.90 Å². The number of phenols is 1. The van der Waals surface area contributed by atoms with Crippen molar-refractivity contribution in [3.63, 3.8) is 0 Å². The quantitative estimate of drug-likeness (QED) is 0.614. The second-order valence-corrected chi connectivity index (χ2v) is 4.43. The van der Waals surface area contributed by atoms with Gasteiger partial charge >= 0.3 is 0 Å². The van der Waals surface area contributed by atoms with Gasteiger partial charge in [0.2, 0.25) is 5.16 Å². The van der Waals surface area contributed by atoms with Gasteiger partial charge in [0.15, 0.2) is 0 Å². The lowest BCUT2D eigenvalue weighted by Gasteiger charge is -2.05. The minimum atomic E-state index is -0.359. The molecule has 3 N–H and O–H groups in total. The summed E-state index contributed by atoms with van der Waals surface area (Å²) in [6.45, 7) is 0. The summed E-state index contributed by atoms with van der Waals surface area (Å²) in [5.41, 5.74) is 0.777. The average Bonchev–Trinajstić information content (AvgIpc) is 2.38. The fourth-order valence-corrected chi connectivity index (χ4v) is 1.88. The highest BCUT2D eigenvalue weighted by Gasteiger charge is 2.09. The topological polar surface area (TPSA) is 94.0 Å². The molecule has 0 bridgehead atoms. The molecule has 0 fully saturated rings. The van der Waals surface area contributed by atoms with E-state index in [1.807, 2.05) is 0 Å². The van der Waals surface area contributed by atoms with E-state index < -0.39 is 0 Å². The Morgan fingerprint density at radius 2 is 2.00 bits per heavy atom. The molecule has 1 heterocycles. The molecule has 0 saturated carbocycles. The second-order valence-electron chi connectivity index (χ2n) is 3.65. The number of hydrogen-bond acceptors (Lipinski definition) is 6. The van der Waals surface area contributed by atoms with E-state index in [1.54, 1.807) is 30.5 Å². The van der Waals surface area contributed by atoms with Crippen LogP contribution >= 0.6 is 11.8 Å². The van der Waals surface area contributed by atoms with Crippen molar-refractivity contribution in [3.8, 4) is 5.75 Å². The number of aromatic nitrogens is 3. The minimum Gasteiger partial charge on any atom is -0.508 e. The van der Waals surface area contributed by atoms with Crippen LogP contribution in [-0.2, 0) is 6.42 Å². The normalized spacial score (nSPS) is 10.5. The van der Waals surface area contributed by atoms with Crippen molar-refractivity contribution in [2.24, 2.45) is 0 Å². The molecule has 1 aromatic heterocycles. The molecule has 1 aromatic carbocycles. The molecule has 0 aliphatic rings. The molecular weight excluding hydrogens is 252 g/mol. The van der Waals surface area contributed by atoms with Crippen molar-refractivity contribution in [1.29, 1.82) is 0 Å². The van der Waals surface area contributed by atoms with Crippen LogP contribution in [0.3, 0.4) is 0 Å². The smallest absolute Gasteiger partial charge is 0.294 e. The molecule has 94 valence electrons. The highest BCUT2D eigenvalue weighted by atomic mass is 32.2. The number of nitrogen functional groups attached to an aromatic ring is 1. The van der Waals surface area contributed by atoms with Crippen LogP contribution in [0.1, 0.15) is 11.3 Å². The summed E-state index contributed by atoms with van der Waals surface area (Å²) < 4.78 is 0.993. The average molecular weight is 264 g/mol. The van der Waals surface area contributed by atoms with Gasteiger partial charge in [0.1, 0.15) is 11.4 Å². The molecule has 2 rings (SSSR count). The molecule has 2 aromatic rings. The highest BCUT2D eigenvalue weighted by Crippen LogP contribution is 2.12. The molecule has 6 nitrogen and oxygen atoms in total. The largest absolute Gasteiger partial charge is 0.508 e. The highest BCUT2D eigenvalue weighted by molar-refractivity contribution is 7.98. The van der Waals surface area contributed by atoms with Crippen molar-refractivity contribution in [3.05, 3.63) is 45.9 Å². The van der Waals surface area contributed by atoms with Crippen molar-refractivity contribution in [2.75, 3.05) is 12.1 Å². The van der Waals surface area contributed by atoms with Gasteiger partial charge in [0.05, 0.1) is 0 Å². The van der Waals surface area contributed by atoms with Crippen LogP contribution in [0.2, 0.25) is 0 Å². The molecule has 0 atom stereocenters. The van der Waals surface area contributed by atoms with E-state index in [-0.39, 0.29) is 17.0 Å². The first kappa shape index (κ1) is 12.4. The third-order valence-corrected chi connectivity index (χ3v) is 3.06. The zero-order valence-corrected chi connectivity index (χ0v) is 10.5. The van der Waals surface area contributed by atoms with Crippen LogP contribution in [0.5, 0.6) is 5.75 Å². The van der Waals surface area contributed by atoms with Gasteiger partial charge in [-0.15, -0.1) is 10.2 Å². The van der Waals surface area contributed by atoms with Crippen LogP contribution in [-0.4, -0.2) is 26.2 Å². The summed E-state index contributed by atoms with van der Waals surface area (Å²) >= 11 is 1.26. The lowest BCUT2D eigenvalue weighted by molar-refractivity contribution is 0.475. The summed E-state index contributed by atoms with van der Waals surface area (Å²) in [6, 6.07) is 6.56. The summed E-state index contributed by atoms with van der Waals surface area (Å²) in [5, 5.41) is 17.3. The first-order chi connectivity index (χ1) is 8.61. The Morgan fingerprint density at radius 3 is 2.61 bits per heavy atom. The first-order valence-electron chi connectivity index (χ1n) is 5.17. The molecule has 0 amide bonds. The number of hydrogen-bond donors (Lipinski definition) is 2. The van der Waals surface area contributed by atoms with E-state index >= 15 is 0 Å². The molecular formula is C11H12N4O2S. The third-order valence-electron chi connectivity index (χ3n) is 2.42. The van der Waals surface area contributed by atoms with Gasteiger partial charge in [-0.3, -0.25) is 4.79 Å². The number of rotatable bonds is 3. The molecule has 18 heavy (non-hydrogen) atoms. The predicted molar refractivity (Wildman–Crippen MR) is 69.1 cm³/mol. The molecule has 0 aliphatic carbocycles. The van der Waals surface area contributed by atoms with Gasteiger partial charge in [-0.05, 0) is 24.0 Å². The first-order valence-corrected chi connectivity index (χ1v) is 6.40. The van der Waals surface area contributed by atoms with Gasteiger partial charge in [0, 0.05) is 6.42 Å². The maximum Gasteiger partial charge on any atom is 0.294 e. The summed E-state index contributed by atoms with van der Waals surface area (Å²) in [4.78, 5) is 11.9. The Hall–Kier alpha value is -2.02. The number of nitrogens with zero attached hydrogens (tertiary/aromatic N) is 3. The third kappa shape index (κ3) is 2.45. The van der Waals surface area contributed by atoms with Gasteiger partial charge in [-0.2, -0.15) is 4.68 Å². The van der Waals surface area contributed by atoms with Crippen molar-refractivity contribution in [2.45, 2.75) is 11.6 Å². The minimum absolute atomic E-state index is 0.179. The number of thioether (sulfide) groups is 1. The van der Waals surface area contributed by atoms with Gasteiger partial charge in [-0.25, -0.2) is 0 Å². The van der Waals surface area contributed by atoms with Crippen molar-refractivity contribution >= 4 is 11.8 Å². The molecule has 0 saturated heterocycles. The number of phenolic OH excluding ortho intramolecular Hbond substituents is 1. The van der Waals surface area contributed by atoms with Crippen LogP contribution in [0, 0.1) is 0 Å². The Balaban J connectivity index is 2.33.